The molecular formula is C17H14N2O6. The van der Waals surface area contributed by atoms with E-state index in [4.69, 9.17) is 0 Å². The number of carbonyl (C=O) groups excluding carboxylic acids is 2. The quantitative estimate of drug-likeness (QED) is 0.338. The SMILES string of the molecule is COC(=O)C(C(=O)OC)c1c([N+](=O)[O-])ccc2c1[nH]c1ccccc12. The van der Waals surface area contributed by atoms with Crippen LogP contribution in [0.1, 0.15) is 11.5 Å². The zero-order valence-corrected chi connectivity index (χ0v) is 13.4. The Bertz CT molecular complexity index is 991. The Morgan fingerprint density at radius 1 is 1.04 bits per heavy atom. The van der Waals surface area contributed by atoms with Crippen molar-refractivity contribution in [2.45, 2.75) is 5.92 Å². The van der Waals surface area contributed by atoms with Gasteiger partial charge in [0.2, 0.25) is 0 Å². The van der Waals surface area contributed by atoms with Gasteiger partial charge in [-0.05, 0) is 12.1 Å². The third kappa shape index (κ3) is 2.57. The monoisotopic (exact) mass is 342 g/mol. The zero-order valence-electron chi connectivity index (χ0n) is 13.4. The second kappa shape index (κ2) is 6.23. The van der Waals surface area contributed by atoms with Crippen molar-refractivity contribution in [2.24, 2.45) is 0 Å². The van der Waals surface area contributed by atoms with E-state index in [0.29, 0.717) is 10.9 Å². The van der Waals surface area contributed by atoms with Crippen LogP contribution < -0.4 is 0 Å². The van der Waals surface area contributed by atoms with Crippen LogP contribution in [0.25, 0.3) is 21.8 Å². The number of nitrogens with zero attached hydrogens (tertiary/aromatic N) is 1. The van der Waals surface area contributed by atoms with Gasteiger partial charge in [0, 0.05) is 22.4 Å². The Labute approximate surface area is 141 Å². The van der Waals surface area contributed by atoms with E-state index in [1.165, 1.54) is 6.07 Å². The normalized spacial score (nSPS) is 11.0. The van der Waals surface area contributed by atoms with Crippen LogP contribution in [-0.4, -0.2) is 36.1 Å². The summed E-state index contributed by atoms with van der Waals surface area (Å²) in [7, 11) is 2.21. The summed E-state index contributed by atoms with van der Waals surface area (Å²) in [6.45, 7) is 0. The first-order valence-electron chi connectivity index (χ1n) is 7.33. The predicted octanol–water partition coefficient (Wildman–Crippen LogP) is 2.66. The number of hydrogen-bond donors (Lipinski definition) is 1. The Morgan fingerprint density at radius 2 is 1.68 bits per heavy atom. The number of hydrogen-bond acceptors (Lipinski definition) is 6. The molecule has 2 aromatic carbocycles. The second-order valence-electron chi connectivity index (χ2n) is 5.33. The van der Waals surface area contributed by atoms with Crippen LogP contribution >= 0.6 is 0 Å². The first-order valence-corrected chi connectivity index (χ1v) is 7.33. The molecule has 25 heavy (non-hydrogen) atoms. The fourth-order valence-corrected chi connectivity index (χ4v) is 2.95. The lowest BCUT2D eigenvalue weighted by Gasteiger charge is -2.14. The highest BCUT2D eigenvalue weighted by Gasteiger charge is 2.38. The van der Waals surface area contributed by atoms with Crippen LogP contribution in [0, 0.1) is 10.1 Å². The molecule has 0 saturated carbocycles. The van der Waals surface area contributed by atoms with Crippen molar-refractivity contribution in [1.29, 1.82) is 0 Å². The van der Waals surface area contributed by atoms with Gasteiger partial charge in [-0.25, -0.2) is 0 Å². The van der Waals surface area contributed by atoms with Gasteiger partial charge in [0.15, 0.2) is 5.92 Å². The number of carbonyl (C=O) groups is 2. The van der Waals surface area contributed by atoms with Crippen LogP contribution in [0.5, 0.6) is 0 Å². The van der Waals surface area contributed by atoms with Gasteiger partial charge >= 0.3 is 11.9 Å². The molecule has 0 atom stereocenters. The minimum atomic E-state index is -1.56. The smallest absolute Gasteiger partial charge is 0.324 e. The fraction of sp³-hybridized carbons (Fsp3) is 0.176. The number of nitro benzene ring substituents is 1. The lowest BCUT2D eigenvalue weighted by atomic mass is 9.94. The lowest BCUT2D eigenvalue weighted by Crippen LogP contribution is -2.25. The van der Waals surface area contributed by atoms with Crippen molar-refractivity contribution in [1.82, 2.24) is 4.98 Å². The molecule has 1 N–H and O–H groups in total. The number of benzene rings is 2. The third-order valence-electron chi connectivity index (χ3n) is 4.06. The maximum Gasteiger partial charge on any atom is 0.324 e. The largest absolute Gasteiger partial charge is 0.468 e. The van der Waals surface area contributed by atoms with E-state index in [-0.39, 0.29) is 11.3 Å². The molecule has 0 amide bonds. The summed E-state index contributed by atoms with van der Waals surface area (Å²) in [6.07, 6.45) is 0. The average molecular weight is 342 g/mol. The van der Waals surface area contributed by atoms with E-state index in [9.17, 15) is 19.7 Å². The molecule has 8 nitrogen and oxygen atoms in total. The highest BCUT2D eigenvalue weighted by Crippen LogP contribution is 2.38. The van der Waals surface area contributed by atoms with Crippen molar-refractivity contribution >= 4 is 39.4 Å². The summed E-state index contributed by atoms with van der Waals surface area (Å²) in [6, 6.07) is 10.1. The fourth-order valence-electron chi connectivity index (χ4n) is 2.95. The molecule has 0 spiro atoms. The number of methoxy groups -OCH3 is 2. The van der Waals surface area contributed by atoms with Crippen molar-refractivity contribution in [2.75, 3.05) is 14.2 Å². The molecular weight excluding hydrogens is 328 g/mol. The van der Waals surface area contributed by atoms with E-state index in [1.807, 2.05) is 18.2 Å². The summed E-state index contributed by atoms with van der Waals surface area (Å²) < 4.78 is 9.34. The van der Waals surface area contributed by atoms with Gasteiger partial charge in [0.05, 0.1) is 30.2 Å². The Balaban J connectivity index is 2.43. The Morgan fingerprint density at radius 3 is 2.28 bits per heavy atom. The van der Waals surface area contributed by atoms with E-state index in [2.05, 4.69) is 14.5 Å². The molecule has 1 aromatic heterocycles. The summed E-state index contributed by atoms with van der Waals surface area (Å²) in [5, 5.41) is 13.0. The summed E-state index contributed by atoms with van der Waals surface area (Å²) >= 11 is 0. The molecule has 3 aromatic rings. The molecule has 0 saturated heterocycles. The number of ether oxygens (including phenoxy) is 2. The number of nitrogens with one attached hydrogen (secondary N) is 1. The highest BCUT2D eigenvalue weighted by atomic mass is 16.6. The molecule has 0 radical (unpaired) electrons. The molecule has 8 heteroatoms. The van der Waals surface area contributed by atoms with Gasteiger partial charge in [0.25, 0.3) is 5.69 Å². The molecule has 1 heterocycles. The highest BCUT2D eigenvalue weighted by molar-refractivity contribution is 6.13. The van der Waals surface area contributed by atoms with E-state index >= 15 is 0 Å². The topological polar surface area (TPSA) is 112 Å². The van der Waals surface area contributed by atoms with Crippen LogP contribution in [0.3, 0.4) is 0 Å². The number of aromatic amines is 1. The van der Waals surface area contributed by atoms with E-state index in [0.717, 1.165) is 25.1 Å². The molecule has 0 bridgehead atoms. The van der Waals surface area contributed by atoms with Gasteiger partial charge in [-0.3, -0.25) is 19.7 Å². The van der Waals surface area contributed by atoms with E-state index in [1.54, 1.807) is 12.1 Å². The van der Waals surface area contributed by atoms with Crippen molar-refractivity contribution in [3.05, 3.63) is 52.1 Å². The molecule has 0 aliphatic rings. The molecule has 128 valence electrons. The standard InChI is InChI=1S/C17H14N2O6/c1-24-16(20)14(17(21)25-2)13-12(19(22)23)8-7-10-9-5-3-4-6-11(9)18-15(10)13/h3-8,14,18H,1-2H3. The zero-order chi connectivity index (χ0) is 18.1. The number of esters is 2. The van der Waals surface area contributed by atoms with Crippen molar-refractivity contribution in [3.8, 4) is 0 Å². The minimum absolute atomic E-state index is 0.0719. The van der Waals surface area contributed by atoms with Gasteiger partial charge in [-0.2, -0.15) is 0 Å². The average Bonchev–Trinajstić information content (AvgIpc) is 3.00. The maximum atomic E-state index is 12.2. The van der Waals surface area contributed by atoms with Gasteiger partial charge in [-0.15, -0.1) is 0 Å². The van der Waals surface area contributed by atoms with Crippen molar-refractivity contribution < 1.29 is 24.0 Å². The van der Waals surface area contributed by atoms with Crippen LogP contribution in [0.15, 0.2) is 36.4 Å². The first-order chi connectivity index (χ1) is 12.0. The van der Waals surface area contributed by atoms with Gasteiger partial charge in [-0.1, -0.05) is 18.2 Å². The number of aromatic nitrogens is 1. The second-order valence-corrected chi connectivity index (χ2v) is 5.33. The van der Waals surface area contributed by atoms with Crippen LogP contribution in [-0.2, 0) is 19.1 Å². The van der Waals surface area contributed by atoms with Gasteiger partial charge < -0.3 is 14.5 Å². The molecule has 0 unspecified atom stereocenters. The maximum absolute atomic E-state index is 12.2. The third-order valence-corrected chi connectivity index (χ3v) is 4.06. The number of para-hydroxylation sites is 1. The number of fused-ring (bicyclic) bond motifs is 3. The summed E-state index contributed by atoms with van der Waals surface area (Å²) in [5.74, 6) is -3.42. The predicted molar refractivity (Wildman–Crippen MR) is 89.2 cm³/mol. The van der Waals surface area contributed by atoms with E-state index < -0.39 is 22.8 Å². The van der Waals surface area contributed by atoms with Crippen LogP contribution in [0.4, 0.5) is 5.69 Å². The first kappa shape index (κ1) is 16.4. The van der Waals surface area contributed by atoms with Crippen molar-refractivity contribution in [3.63, 3.8) is 0 Å². The van der Waals surface area contributed by atoms with Gasteiger partial charge in [0.1, 0.15) is 0 Å². The minimum Gasteiger partial charge on any atom is -0.468 e. The molecule has 3 rings (SSSR count). The number of rotatable bonds is 4. The summed E-state index contributed by atoms with van der Waals surface area (Å²) in [4.78, 5) is 38.3. The lowest BCUT2D eigenvalue weighted by molar-refractivity contribution is -0.385. The Kier molecular flexibility index (Phi) is 4.10. The number of H-pyrrole nitrogens is 1. The Hall–Kier alpha value is -3.42. The molecule has 0 fully saturated rings. The molecule has 0 aliphatic carbocycles. The summed E-state index contributed by atoms with van der Waals surface area (Å²) in [5.41, 5.74) is 0.626. The number of nitro groups is 1. The van der Waals surface area contributed by atoms with Crippen LogP contribution in [0.2, 0.25) is 0 Å². The molecule has 0 aliphatic heterocycles.